The summed E-state index contributed by atoms with van der Waals surface area (Å²) in [4.78, 5) is 16.7. The first-order valence-corrected chi connectivity index (χ1v) is 9.98. The Morgan fingerprint density at radius 3 is 2.61 bits per heavy atom. The van der Waals surface area contributed by atoms with Crippen molar-refractivity contribution < 1.29 is 13.6 Å². The Labute approximate surface area is 164 Å². The molecule has 3 aromatic rings. The van der Waals surface area contributed by atoms with Crippen LogP contribution in [0.15, 0.2) is 42.5 Å². The zero-order valence-corrected chi connectivity index (χ0v) is 15.5. The minimum absolute atomic E-state index is 0.157. The van der Waals surface area contributed by atoms with Gasteiger partial charge < -0.3 is 10.6 Å². The number of nitrogens with one attached hydrogen (secondary N) is 2. The lowest BCUT2D eigenvalue weighted by molar-refractivity contribution is 0.0966. The number of carbonyl (C=O) groups excluding carboxylic acids is 1. The van der Waals surface area contributed by atoms with E-state index >= 15 is 0 Å². The van der Waals surface area contributed by atoms with Crippen molar-refractivity contribution in [3.8, 4) is 11.3 Å². The molecule has 5 rings (SSSR count). The van der Waals surface area contributed by atoms with Gasteiger partial charge in [0.2, 0.25) is 0 Å². The van der Waals surface area contributed by atoms with Crippen molar-refractivity contribution in [2.45, 2.75) is 18.1 Å². The molecule has 2 aliphatic rings. The van der Waals surface area contributed by atoms with Crippen molar-refractivity contribution in [3.63, 3.8) is 0 Å². The summed E-state index contributed by atoms with van der Waals surface area (Å²) in [6.45, 7) is 0.230. The maximum Gasteiger partial charge on any atom is 0.255 e. The van der Waals surface area contributed by atoms with Gasteiger partial charge in [0, 0.05) is 17.2 Å². The highest BCUT2D eigenvalue weighted by Gasteiger charge is 2.27. The van der Waals surface area contributed by atoms with E-state index in [-0.39, 0.29) is 23.7 Å². The summed E-state index contributed by atoms with van der Waals surface area (Å²) in [6, 6.07) is 11.3. The van der Waals surface area contributed by atoms with Crippen LogP contribution in [0.4, 0.5) is 20.2 Å². The Kier molecular flexibility index (Phi) is 4.05. The Hall–Kier alpha value is -2.93. The average molecular weight is 395 g/mol. The number of carbonyl (C=O) groups is 1. The molecule has 0 atom stereocenters. The van der Waals surface area contributed by atoms with E-state index in [0.29, 0.717) is 16.9 Å². The predicted octanol–water partition coefficient (Wildman–Crippen LogP) is 4.76. The zero-order valence-electron chi connectivity index (χ0n) is 14.7. The Balaban J connectivity index is 1.63. The standard InChI is InChI=1S/C21H15F2N3OS/c22-14-2-1-3-15(23)19(14)16-7-17(20-18(26-16)8-24-21(20)27)25-13-5-4-11-9-28-10-12(11)6-13/h1-7H,8-10H2,(H,24,27)(H,25,26). The van der Waals surface area contributed by atoms with Crippen LogP contribution in [0.2, 0.25) is 0 Å². The molecule has 2 N–H and O–H groups in total. The van der Waals surface area contributed by atoms with E-state index in [1.54, 1.807) is 0 Å². The molecule has 7 heteroatoms. The van der Waals surface area contributed by atoms with Gasteiger partial charge in [0.15, 0.2) is 0 Å². The van der Waals surface area contributed by atoms with Crippen LogP contribution in [0.1, 0.15) is 27.2 Å². The van der Waals surface area contributed by atoms with Crippen LogP contribution in [-0.4, -0.2) is 10.9 Å². The molecule has 28 heavy (non-hydrogen) atoms. The molecular weight excluding hydrogens is 380 g/mol. The molecule has 0 saturated carbocycles. The van der Waals surface area contributed by atoms with Crippen LogP contribution in [0, 0.1) is 11.6 Å². The molecule has 2 aromatic carbocycles. The highest BCUT2D eigenvalue weighted by atomic mass is 32.2. The maximum absolute atomic E-state index is 14.3. The number of benzene rings is 2. The Morgan fingerprint density at radius 1 is 1.00 bits per heavy atom. The van der Waals surface area contributed by atoms with Crippen LogP contribution in [0.3, 0.4) is 0 Å². The third-order valence-electron chi connectivity index (χ3n) is 4.96. The number of pyridine rings is 1. The molecule has 140 valence electrons. The summed E-state index contributed by atoms with van der Waals surface area (Å²) in [5.41, 5.74) is 4.73. The van der Waals surface area contributed by atoms with Gasteiger partial charge in [-0.3, -0.25) is 4.79 Å². The summed E-state index contributed by atoms with van der Waals surface area (Å²) in [5.74, 6) is 0.322. The van der Waals surface area contributed by atoms with Gasteiger partial charge in [-0.15, -0.1) is 0 Å². The summed E-state index contributed by atoms with van der Waals surface area (Å²) in [6.07, 6.45) is 0. The van der Waals surface area contributed by atoms with Crippen LogP contribution < -0.4 is 10.6 Å². The Morgan fingerprint density at radius 2 is 1.79 bits per heavy atom. The molecule has 1 amide bonds. The lowest BCUT2D eigenvalue weighted by Gasteiger charge is -2.14. The fraction of sp³-hybridized carbons (Fsp3) is 0.143. The van der Waals surface area contributed by atoms with Crippen LogP contribution in [0.5, 0.6) is 0 Å². The molecule has 2 aliphatic heterocycles. The van der Waals surface area contributed by atoms with Gasteiger partial charge in [-0.25, -0.2) is 13.8 Å². The first-order chi connectivity index (χ1) is 13.6. The number of rotatable bonds is 3. The topological polar surface area (TPSA) is 54.0 Å². The van der Waals surface area contributed by atoms with Crippen molar-refractivity contribution in [2.75, 3.05) is 5.32 Å². The van der Waals surface area contributed by atoms with E-state index in [1.165, 1.54) is 35.4 Å². The van der Waals surface area contributed by atoms with Gasteiger partial charge in [-0.2, -0.15) is 11.8 Å². The van der Waals surface area contributed by atoms with Gasteiger partial charge >= 0.3 is 0 Å². The van der Waals surface area contributed by atoms with Gasteiger partial charge in [-0.1, -0.05) is 12.1 Å². The first kappa shape index (κ1) is 17.2. The zero-order chi connectivity index (χ0) is 19.3. The fourth-order valence-electron chi connectivity index (χ4n) is 3.61. The fourth-order valence-corrected chi connectivity index (χ4v) is 4.70. The lowest BCUT2D eigenvalue weighted by Crippen LogP contribution is -2.13. The average Bonchev–Trinajstić information content (AvgIpc) is 3.28. The van der Waals surface area contributed by atoms with Crippen molar-refractivity contribution >= 4 is 29.0 Å². The van der Waals surface area contributed by atoms with Gasteiger partial charge in [-0.05, 0) is 41.5 Å². The van der Waals surface area contributed by atoms with E-state index in [2.05, 4.69) is 27.8 Å². The third-order valence-corrected chi connectivity index (χ3v) is 5.99. The summed E-state index contributed by atoms with van der Waals surface area (Å²) in [7, 11) is 0. The van der Waals surface area contributed by atoms with Gasteiger partial charge in [0.1, 0.15) is 11.6 Å². The quantitative estimate of drug-likeness (QED) is 0.671. The molecule has 0 fully saturated rings. The van der Waals surface area contributed by atoms with Crippen molar-refractivity contribution in [1.82, 2.24) is 10.3 Å². The minimum Gasteiger partial charge on any atom is -0.355 e. The van der Waals surface area contributed by atoms with E-state index in [0.717, 1.165) is 17.2 Å². The number of fused-ring (bicyclic) bond motifs is 2. The molecule has 0 spiro atoms. The number of halogens is 2. The number of hydrogen-bond acceptors (Lipinski definition) is 4. The molecule has 0 unspecified atom stereocenters. The van der Waals surface area contributed by atoms with Crippen LogP contribution in [0.25, 0.3) is 11.3 Å². The van der Waals surface area contributed by atoms with E-state index in [1.807, 2.05) is 17.8 Å². The second-order valence-electron chi connectivity index (χ2n) is 6.76. The smallest absolute Gasteiger partial charge is 0.255 e. The molecular formula is C21H15F2N3OS. The van der Waals surface area contributed by atoms with Crippen LogP contribution >= 0.6 is 11.8 Å². The van der Waals surface area contributed by atoms with E-state index < -0.39 is 11.6 Å². The summed E-state index contributed by atoms with van der Waals surface area (Å²) in [5, 5.41) is 5.99. The van der Waals surface area contributed by atoms with Crippen molar-refractivity contribution in [3.05, 3.63) is 76.5 Å². The third kappa shape index (κ3) is 2.82. The van der Waals surface area contributed by atoms with Gasteiger partial charge in [0.25, 0.3) is 5.91 Å². The number of hydrogen-bond donors (Lipinski definition) is 2. The number of amides is 1. The molecule has 0 saturated heterocycles. The highest BCUT2D eigenvalue weighted by molar-refractivity contribution is 7.98. The maximum atomic E-state index is 14.3. The summed E-state index contributed by atoms with van der Waals surface area (Å²) >= 11 is 1.86. The summed E-state index contributed by atoms with van der Waals surface area (Å²) < 4.78 is 28.6. The Bertz CT molecular complexity index is 1110. The SMILES string of the molecule is O=C1NCc2nc(-c3c(F)cccc3F)cc(Nc3ccc4c(c3)CSC4)c21. The van der Waals surface area contributed by atoms with Crippen LogP contribution in [-0.2, 0) is 18.1 Å². The van der Waals surface area contributed by atoms with E-state index in [4.69, 9.17) is 0 Å². The lowest BCUT2D eigenvalue weighted by atomic mass is 10.0. The monoisotopic (exact) mass is 395 g/mol. The molecule has 0 radical (unpaired) electrons. The predicted molar refractivity (Wildman–Crippen MR) is 105 cm³/mol. The second-order valence-corrected chi connectivity index (χ2v) is 7.74. The van der Waals surface area contributed by atoms with E-state index in [9.17, 15) is 13.6 Å². The minimum atomic E-state index is -0.690. The number of aromatic nitrogens is 1. The first-order valence-electron chi connectivity index (χ1n) is 8.83. The largest absolute Gasteiger partial charge is 0.355 e. The highest BCUT2D eigenvalue weighted by Crippen LogP contribution is 2.35. The number of nitrogens with zero attached hydrogens (tertiary/aromatic N) is 1. The molecule has 4 nitrogen and oxygen atoms in total. The molecule has 0 bridgehead atoms. The number of thioether (sulfide) groups is 1. The molecule has 3 heterocycles. The van der Waals surface area contributed by atoms with Crippen molar-refractivity contribution in [2.24, 2.45) is 0 Å². The molecule has 0 aliphatic carbocycles. The number of anilines is 2. The normalized spacial score (nSPS) is 14.6. The second kappa shape index (κ2) is 6.60. The molecule has 1 aromatic heterocycles. The van der Waals surface area contributed by atoms with Crippen molar-refractivity contribution in [1.29, 1.82) is 0 Å². The van der Waals surface area contributed by atoms with Gasteiger partial charge in [0.05, 0.1) is 34.7 Å².